The molecule has 2 nitrogen and oxygen atoms in total. The molecule has 2 rings (SSSR count). The van der Waals surface area contributed by atoms with Crippen molar-refractivity contribution >= 4 is 0 Å². The van der Waals surface area contributed by atoms with Crippen molar-refractivity contribution in [3.8, 4) is 5.75 Å². The molecule has 0 amide bonds. The fourth-order valence-corrected chi connectivity index (χ4v) is 4.42. The third kappa shape index (κ3) is 10.2. The van der Waals surface area contributed by atoms with Gasteiger partial charge in [0.1, 0.15) is 24.4 Å². The SMILES string of the molecule is CC(C)(C)Cc1cc(CC(C)(C)C)cc(C[N+](C)(C)Cc2ccc(OC(C)(C)C)cc2)c1. The summed E-state index contributed by atoms with van der Waals surface area (Å²) in [5.74, 6) is 0.938. The second-order valence-electron chi connectivity index (χ2n) is 13.7. The molecule has 2 heteroatoms. The highest BCUT2D eigenvalue weighted by Crippen LogP contribution is 2.28. The standard InChI is InChI=1S/C30H48NO/c1-28(2,3)19-24-16-25(20-29(4,5)6)18-26(17-24)22-31(10,11)21-23-12-14-27(15-13-23)32-30(7,8)9/h12-18H,19-22H2,1-11H3/q+1. The van der Waals surface area contributed by atoms with Crippen LogP contribution in [0.1, 0.15) is 84.6 Å². The Balaban J connectivity index is 2.21. The molecule has 0 saturated carbocycles. The Morgan fingerprint density at radius 1 is 0.594 bits per heavy atom. The second kappa shape index (κ2) is 9.59. The van der Waals surface area contributed by atoms with E-state index in [2.05, 4.69) is 119 Å². The number of nitrogens with zero attached hydrogens (tertiary/aromatic N) is 1. The highest BCUT2D eigenvalue weighted by atomic mass is 16.5. The van der Waals surface area contributed by atoms with Gasteiger partial charge in [0.2, 0.25) is 0 Å². The summed E-state index contributed by atoms with van der Waals surface area (Å²) in [5.41, 5.74) is 6.15. The molecular weight excluding hydrogens is 390 g/mol. The average Bonchev–Trinajstić information content (AvgIpc) is 2.50. The lowest BCUT2D eigenvalue weighted by atomic mass is 9.83. The van der Waals surface area contributed by atoms with Crippen molar-refractivity contribution in [1.82, 2.24) is 0 Å². The van der Waals surface area contributed by atoms with Crippen molar-refractivity contribution in [2.45, 2.75) is 93.8 Å². The van der Waals surface area contributed by atoms with Gasteiger partial charge in [0.15, 0.2) is 0 Å². The van der Waals surface area contributed by atoms with Crippen LogP contribution in [-0.4, -0.2) is 24.2 Å². The summed E-state index contributed by atoms with van der Waals surface area (Å²) in [6, 6.07) is 15.9. The van der Waals surface area contributed by atoms with Crippen LogP contribution < -0.4 is 4.74 Å². The van der Waals surface area contributed by atoms with Crippen LogP contribution in [0, 0.1) is 10.8 Å². The number of hydrogen-bond donors (Lipinski definition) is 0. The molecule has 0 radical (unpaired) electrons. The number of quaternary nitrogens is 1. The van der Waals surface area contributed by atoms with Gasteiger partial charge in [-0.25, -0.2) is 0 Å². The Labute approximate surface area is 198 Å². The number of hydrogen-bond acceptors (Lipinski definition) is 1. The quantitative estimate of drug-likeness (QED) is 0.400. The Hall–Kier alpha value is -1.80. The van der Waals surface area contributed by atoms with E-state index in [1.807, 2.05) is 0 Å². The van der Waals surface area contributed by atoms with Gasteiger partial charge in [-0.2, -0.15) is 0 Å². The lowest BCUT2D eigenvalue weighted by Gasteiger charge is -2.31. The average molecular weight is 439 g/mol. The van der Waals surface area contributed by atoms with E-state index < -0.39 is 0 Å². The van der Waals surface area contributed by atoms with Gasteiger partial charge in [-0.3, -0.25) is 0 Å². The molecule has 0 heterocycles. The zero-order valence-corrected chi connectivity index (χ0v) is 22.7. The predicted molar refractivity (Wildman–Crippen MR) is 139 cm³/mol. The van der Waals surface area contributed by atoms with Gasteiger partial charge in [0.25, 0.3) is 0 Å². The zero-order valence-electron chi connectivity index (χ0n) is 22.7. The molecule has 32 heavy (non-hydrogen) atoms. The van der Waals surface area contributed by atoms with E-state index >= 15 is 0 Å². The van der Waals surface area contributed by atoms with Gasteiger partial charge in [-0.1, -0.05) is 59.7 Å². The van der Waals surface area contributed by atoms with Crippen molar-refractivity contribution < 1.29 is 9.22 Å². The molecular formula is C30H48NO+. The van der Waals surface area contributed by atoms with Crippen molar-refractivity contribution in [2.75, 3.05) is 14.1 Å². The smallest absolute Gasteiger partial charge is 0.120 e. The predicted octanol–water partition coefficient (Wildman–Crippen LogP) is 7.82. The summed E-state index contributed by atoms with van der Waals surface area (Å²) < 4.78 is 6.91. The van der Waals surface area contributed by atoms with Crippen LogP contribution in [-0.2, 0) is 25.9 Å². The van der Waals surface area contributed by atoms with Crippen molar-refractivity contribution in [1.29, 1.82) is 0 Å². The largest absolute Gasteiger partial charge is 0.488 e. The summed E-state index contributed by atoms with van der Waals surface area (Å²) in [5, 5.41) is 0. The molecule has 178 valence electrons. The molecule has 0 spiro atoms. The highest BCUT2D eigenvalue weighted by Gasteiger charge is 2.21. The minimum Gasteiger partial charge on any atom is -0.488 e. The summed E-state index contributed by atoms with van der Waals surface area (Å²) >= 11 is 0. The summed E-state index contributed by atoms with van der Waals surface area (Å²) in [6.07, 6.45) is 2.22. The molecule has 0 aliphatic heterocycles. The molecule has 0 aromatic heterocycles. The van der Waals surface area contributed by atoms with E-state index in [1.165, 1.54) is 22.3 Å². The molecule has 0 unspecified atom stereocenters. The van der Waals surface area contributed by atoms with E-state index in [0.717, 1.165) is 36.2 Å². The third-order valence-corrected chi connectivity index (χ3v) is 5.15. The van der Waals surface area contributed by atoms with Gasteiger partial charge in [0, 0.05) is 11.1 Å². The molecule has 0 saturated heterocycles. The van der Waals surface area contributed by atoms with Gasteiger partial charge in [0.05, 0.1) is 14.1 Å². The normalized spacial score (nSPS) is 13.3. The molecule has 0 fully saturated rings. The maximum absolute atomic E-state index is 5.98. The Kier molecular flexibility index (Phi) is 7.93. The molecule has 0 aliphatic rings. The zero-order chi connectivity index (χ0) is 24.4. The second-order valence-corrected chi connectivity index (χ2v) is 13.7. The van der Waals surface area contributed by atoms with Crippen LogP contribution in [0.3, 0.4) is 0 Å². The monoisotopic (exact) mass is 438 g/mol. The topological polar surface area (TPSA) is 9.23 Å². The van der Waals surface area contributed by atoms with Crippen molar-refractivity contribution in [3.63, 3.8) is 0 Å². The molecule has 0 atom stereocenters. The lowest BCUT2D eigenvalue weighted by molar-refractivity contribution is -0.916. The lowest BCUT2D eigenvalue weighted by Crippen LogP contribution is -2.37. The Bertz CT molecular complexity index is 837. The third-order valence-electron chi connectivity index (χ3n) is 5.15. The van der Waals surface area contributed by atoms with Crippen molar-refractivity contribution in [2.24, 2.45) is 10.8 Å². The first kappa shape index (κ1) is 26.5. The molecule has 0 aliphatic carbocycles. The highest BCUT2D eigenvalue weighted by molar-refractivity contribution is 5.31. The molecule has 0 N–H and O–H groups in total. The van der Waals surface area contributed by atoms with Gasteiger partial charge in [-0.05, 0) is 79.8 Å². The van der Waals surface area contributed by atoms with Gasteiger partial charge >= 0.3 is 0 Å². The summed E-state index contributed by atoms with van der Waals surface area (Å²) in [6.45, 7) is 22.3. The minimum atomic E-state index is -0.167. The number of rotatable bonds is 7. The first-order valence-electron chi connectivity index (χ1n) is 12.1. The maximum Gasteiger partial charge on any atom is 0.120 e. The van der Waals surface area contributed by atoms with Crippen molar-refractivity contribution in [3.05, 3.63) is 64.7 Å². The summed E-state index contributed by atoms with van der Waals surface area (Å²) in [7, 11) is 4.67. The summed E-state index contributed by atoms with van der Waals surface area (Å²) in [4.78, 5) is 0. The van der Waals surface area contributed by atoms with E-state index in [0.29, 0.717) is 10.8 Å². The van der Waals surface area contributed by atoms with Crippen LogP contribution in [0.15, 0.2) is 42.5 Å². The fraction of sp³-hybridized carbons (Fsp3) is 0.600. The van der Waals surface area contributed by atoms with E-state index in [9.17, 15) is 0 Å². The molecule has 2 aromatic carbocycles. The van der Waals surface area contributed by atoms with E-state index in [-0.39, 0.29) is 5.60 Å². The maximum atomic E-state index is 5.98. The number of benzene rings is 2. The molecule has 0 bridgehead atoms. The van der Waals surface area contributed by atoms with Gasteiger partial charge in [-0.15, -0.1) is 0 Å². The first-order valence-corrected chi connectivity index (χ1v) is 12.1. The van der Waals surface area contributed by atoms with Crippen LogP contribution in [0.4, 0.5) is 0 Å². The van der Waals surface area contributed by atoms with E-state index in [4.69, 9.17) is 4.74 Å². The Morgan fingerprint density at radius 2 is 1.00 bits per heavy atom. The fourth-order valence-electron chi connectivity index (χ4n) is 4.42. The van der Waals surface area contributed by atoms with Crippen LogP contribution in [0.2, 0.25) is 0 Å². The number of ether oxygens (including phenoxy) is 1. The van der Waals surface area contributed by atoms with Gasteiger partial charge < -0.3 is 9.22 Å². The molecule has 2 aromatic rings. The van der Waals surface area contributed by atoms with Crippen LogP contribution >= 0.6 is 0 Å². The Morgan fingerprint density at radius 3 is 1.41 bits per heavy atom. The minimum absolute atomic E-state index is 0.167. The van der Waals surface area contributed by atoms with Crippen LogP contribution in [0.25, 0.3) is 0 Å². The van der Waals surface area contributed by atoms with E-state index in [1.54, 1.807) is 0 Å². The first-order chi connectivity index (χ1) is 14.4. The van der Waals surface area contributed by atoms with Crippen LogP contribution in [0.5, 0.6) is 5.75 Å².